The van der Waals surface area contributed by atoms with Crippen LogP contribution in [0.5, 0.6) is 0 Å². The van der Waals surface area contributed by atoms with Gasteiger partial charge in [0.25, 0.3) is 0 Å². The molecule has 1 aromatic carbocycles. The normalized spacial score (nSPS) is 18.3. The summed E-state index contributed by atoms with van der Waals surface area (Å²) < 4.78 is 0. The van der Waals surface area contributed by atoms with Crippen molar-refractivity contribution in [2.45, 2.75) is 18.4 Å². The first kappa shape index (κ1) is 12.1. The number of hydrogen-bond donors (Lipinski definition) is 1. The van der Waals surface area contributed by atoms with E-state index in [1.165, 1.54) is 0 Å². The Hall–Kier alpha value is -1.94. The van der Waals surface area contributed by atoms with Crippen molar-refractivity contribution in [2.24, 2.45) is 0 Å². The van der Waals surface area contributed by atoms with E-state index in [-0.39, 0.29) is 0 Å². The number of aromatic nitrogens is 2. The number of rotatable bonds is 2. The minimum atomic E-state index is -0.704. The highest BCUT2D eigenvalue weighted by Crippen LogP contribution is 2.33. The Morgan fingerprint density at radius 1 is 1.05 bits per heavy atom. The van der Waals surface area contributed by atoms with E-state index >= 15 is 0 Å². The Morgan fingerprint density at radius 2 is 1.79 bits per heavy atom. The lowest BCUT2D eigenvalue weighted by molar-refractivity contribution is 0.0116. The predicted octanol–water partition coefficient (Wildman–Crippen LogP) is 1.96. The molecular weight excluding hydrogens is 238 g/mol. The third-order valence-electron chi connectivity index (χ3n) is 3.79. The van der Waals surface area contributed by atoms with Crippen molar-refractivity contribution in [1.29, 1.82) is 0 Å². The molecule has 98 valence electrons. The van der Waals surface area contributed by atoms with Crippen LogP contribution in [0.2, 0.25) is 0 Å². The molecule has 1 aromatic heterocycles. The smallest absolute Gasteiger partial charge is 0.131 e. The summed E-state index contributed by atoms with van der Waals surface area (Å²) in [6.07, 6.45) is 4.76. The van der Waals surface area contributed by atoms with Gasteiger partial charge >= 0.3 is 0 Å². The van der Waals surface area contributed by atoms with Gasteiger partial charge in [-0.25, -0.2) is 9.97 Å². The summed E-state index contributed by atoms with van der Waals surface area (Å²) in [5.41, 5.74) is 0.308. The molecule has 4 heteroatoms. The SMILES string of the molecule is OC1(c2ccccc2)CCN(c2ccncn2)CC1. The van der Waals surface area contributed by atoms with Crippen molar-refractivity contribution in [3.05, 3.63) is 54.5 Å². The second kappa shape index (κ2) is 4.97. The fourth-order valence-corrected chi connectivity index (χ4v) is 2.61. The lowest BCUT2D eigenvalue weighted by Crippen LogP contribution is -2.42. The van der Waals surface area contributed by atoms with Gasteiger partial charge in [-0.15, -0.1) is 0 Å². The quantitative estimate of drug-likeness (QED) is 0.891. The maximum Gasteiger partial charge on any atom is 0.131 e. The second-order valence-corrected chi connectivity index (χ2v) is 4.95. The summed E-state index contributed by atoms with van der Waals surface area (Å²) in [6.45, 7) is 1.62. The molecule has 2 aromatic rings. The van der Waals surface area contributed by atoms with Gasteiger partial charge < -0.3 is 10.0 Å². The summed E-state index contributed by atoms with van der Waals surface area (Å²) in [7, 11) is 0. The number of anilines is 1. The van der Waals surface area contributed by atoms with Gasteiger partial charge in [0.1, 0.15) is 12.1 Å². The zero-order valence-electron chi connectivity index (χ0n) is 10.7. The number of benzene rings is 1. The largest absolute Gasteiger partial charge is 0.385 e. The summed E-state index contributed by atoms with van der Waals surface area (Å²) in [5.74, 6) is 0.935. The molecule has 0 spiro atoms. The van der Waals surface area contributed by atoms with Crippen molar-refractivity contribution in [3.8, 4) is 0 Å². The highest BCUT2D eigenvalue weighted by atomic mass is 16.3. The van der Waals surface area contributed by atoms with Gasteiger partial charge in [-0.05, 0) is 24.5 Å². The van der Waals surface area contributed by atoms with E-state index in [1.807, 2.05) is 36.4 Å². The van der Waals surface area contributed by atoms with E-state index in [2.05, 4.69) is 14.9 Å². The minimum Gasteiger partial charge on any atom is -0.385 e. The molecule has 1 saturated heterocycles. The van der Waals surface area contributed by atoms with Crippen molar-refractivity contribution >= 4 is 5.82 Å². The first-order valence-electron chi connectivity index (χ1n) is 6.57. The molecule has 2 heterocycles. The first-order valence-corrected chi connectivity index (χ1v) is 6.57. The second-order valence-electron chi connectivity index (χ2n) is 4.95. The maximum absolute atomic E-state index is 10.7. The maximum atomic E-state index is 10.7. The molecule has 0 amide bonds. The van der Waals surface area contributed by atoms with E-state index in [0.717, 1.165) is 37.3 Å². The number of hydrogen-bond acceptors (Lipinski definition) is 4. The first-order chi connectivity index (χ1) is 9.28. The standard InChI is InChI=1S/C15H17N3O/c19-15(13-4-2-1-3-5-13)7-10-18(11-8-15)14-6-9-16-12-17-14/h1-6,9,12,19H,7-8,10-11H2. The molecular formula is C15H17N3O. The third kappa shape index (κ3) is 2.44. The van der Waals surface area contributed by atoms with Crippen LogP contribution >= 0.6 is 0 Å². The monoisotopic (exact) mass is 255 g/mol. The zero-order valence-corrected chi connectivity index (χ0v) is 10.7. The molecule has 1 aliphatic rings. The molecule has 0 unspecified atom stereocenters. The van der Waals surface area contributed by atoms with E-state index in [9.17, 15) is 5.11 Å². The third-order valence-corrected chi connectivity index (χ3v) is 3.79. The van der Waals surface area contributed by atoms with Gasteiger partial charge in [0.15, 0.2) is 0 Å². The average Bonchev–Trinajstić information content (AvgIpc) is 2.50. The molecule has 4 nitrogen and oxygen atoms in total. The fraction of sp³-hybridized carbons (Fsp3) is 0.333. The summed E-state index contributed by atoms with van der Waals surface area (Å²) >= 11 is 0. The van der Waals surface area contributed by atoms with Gasteiger partial charge in [0.2, 0.25) is 0 Å². The van der Waals surface area contributed by atoms with E-state index in [4.69, 9.17) is 0 Å². The van der Waals surface area contributed by atoms with Crippen LogP contribution in [0.15, 0.2) is 48.9 Å². The number of piperidine rings is 1. The van der Waals surface area contributed by atoms with Crippen LogP contribution in [0.25, 0.3) is 0 Å². The molecule has 3 rings (SSSR count). The van der Waals surface area contributed by atoms with Crippen LogP contribution in [0.1, 0.15) is 18.4 Å². The van der Waals surface area contributed by atoms with Gasteiger partial charge in [0, 0.05) is 19.3 Å². The van der Waals surface area contributed by atoms with Gasteiger partial charge in [-0.3, -0.25) is 0 Å². The highest BCUT2D eigenvalue weighted by molar-refractivity contribution is 5.38. The van der Waals surface area contributed by atoms with Gasteiger partial charge in [0.05, 0.1) is 5.60 Å². The Labute approximate surface area is 112 Å². The Bertz CT molecular complexity index is 522. The van der Waals surface area contributed by atoms with Crippen molar-refractivity contribution in [1.82, 2.24) is 9.97 Å². The van der Waals surface area contributed by atoms with Gasteiger partial charge in [-0.2, -0.15) is 0 Å². The van der Waals surface area contributed by atoms with Gasteiger partial charge in [-0.1, -0.05) is 30.3 Å². The molecule has 0 atom stereocenters. The van der Waals surface area contributed by atoms with Crippen LogP contribution in [-0.2, 0) is 5.60 Å². The highest BCUT2D eigenvalue weighted by Gasteiger charge is 2.34. The Balaban J connectivity index is 1.73. The lowest BCUT2D eigenvalue weighted by atomic mass is 9.84. The average molecular weight is 255 g/mol. The predicted molar refractivity (Wildman–Crippen MR) is 73.8 cm³/mol. The van der Waals surface area contributed by atoms with Crippen LogP contribution in [0.3, 0.4) is 0 Å². The summed E-state index contributed by atoms with van der Waals surface area (Å²) in [5, 5.41) is 10.7. The molecule has 1 N–H and O–H groups in total. The summed E-state index contributed by atoms with van der Waals surface area (Å²) in [6, 6.07) is 11.8. The van der Waals surface area contributed by atoms with E-state index in [1.54, 1.807) is 12.5 Å². The molecule has 0 aliphatic carbocycles. The Morgan fingerprint density at radius 3 is 2.42 bits per heavy atom. The molecule has 19 heavy (non-hydrogen) atoms. The molecule has 1 fully saturated rings. The fourth-order valence-electron chi connectivity index (χ4n) is 2.61. The molecule has 0 bridgehead atoms. The minimum absolute atomic E-state index is 0.704. The van der Waals surface area contributed by atoms with Crippen molar-refractivity contribution in [3.63, 3.8) is 0 Å². The van der Waals surface area contributed by atoms with Crippen LogP contribution in [0, 0.1) is 0 Å². The zero-order chi connectivity index (χ0) is 13.1. The molecule has 1 aliphatic heterocycles. The topological polar surface area (TPSA) is 49.2 Å². The Kier molecular flexibility index (Phi) is 3.17. The van der Waals surface area contributed by atoms with Crippen molar-refractivity contribution in [2.75, 3.05) is 18.0 Å². The van der Waals surface area contributed by atoms with Crippen molar-refractivity contribution < 1.29 is 5.11 Å². The van der Waals surface area contributed by atoms with E-state index in [0.29, 0.717) is 0 Å². The van der Waals surface area contributed by atoms with E-state index < -0.39 is 5.60 Å². The van der Waals surface area contributed by atoms with Crippen LogP contribution < -0.4 is 4.90 Å². The number of aliphatic hydroxyl groups is 1. The van der Waals surface area contributed by atoms with Crippen LogP contribution in [0.4, 0.5) is 5.82 Å². The number of nitrogens with zero attached hydrogens (tertiary/aromatic N) is 3. The molecule has 0 saturated carbocycles. The van der Waals surface area contributed by atoms with Crippen LogP contribution in [-0.4, -0.2) is 28.2 Å². The molecule has 0 radical (unpaired) electrons. The summed E-state index contributed by atoms with van der Waals surface area (Å²) in [4.78, 5) is 10.4. The lowest BCUT2D eigenvalue weighted by Gasteiger charge is -2.39.